The smallest absolute Gasteiger partial charge is 0.327 e. The minimum Gasteiger partial charge on any atom is -0.468 e. The lowest BCUT2D eigenvalue weighted by Gasteiger charge is -2.11. The van der Waals surface area contributed by atoms with E-state index < -0.39 is 5.97 Å². The minimum absolute atomic E-state index is 0.00452. The zero-order valence-electron chi connectivity index (χ0n) is 10.5. The average Bonchev–Trinajstić information content (AvgIpc) is 2.73. The molecular weight excluding hydrogens is 270 g/mol. The van der Waals surface area contributed by atoms with Crippen molar-refractivity contribution in [2.75, 3.05) is 13.7 Å². The average molecular weight is 285 g/mol. The number of esters is 1. The number of thioether (sulfide) groups is 1. The summed E-state index contributed by atoms with van der Waals surface area (Å²) in [5, 5.41) is 14.2. The molecule has 1 N–H and O–H groups in total. The number of hydrogen-bond acceptors (Lipinski definition) is 7. The molecule has 0 bridgehead atoms. The number of carbonyl (C=O) groups excluding carboxylic acids is 2. The number of aromatic nitrogens is 4. The summed E-state index contributed by atoms with van der Waals surface area (Å²) >= 11 is 1.28. The number of nitrogens with one attached hydrogen (secondary N) is 1. The Labute approximate surface area is 114 Å². The molecule has 9 heteroatoms. The van der Waals surface area contributed by atoms with Crippen molar-refractivity contribution in [1.82, 2.24) is 25.5 Å². The topological polar surface area (TPSA) is 99.0 Å². The van der Waals surface area contributed by atoms with E-state index in [0.717, 1.165) is 19.3 Å². The monoisotopic (exact) mass is 285 g/mol. The first-order valence-corrected chi connectivity index (χ1v) is 6.86. The van der Waals surface area contributed by atoms with Crippen molar-refractivity contribution in [1.29, 1.82) is 0 Å². The van der Waals surface area contributed by atoms with Crippen molar-refractivity contribution in [3.63, 3.8) is 0 Å². The normalized spacial score (nSPS) is 19.6. The summed E-state index contributed by atoms with van der Waals surface area (Å²) < 4.78 is 5.91. The van der Waals surface area contributed by atoms with Crippen LogP contribution in [0.2, 0.25) is 0 Å². The number of carbonyl (C=O) groups is 2. The van der Waals surface area contributed by atoms with Gasteiger partial charge >= 0.3 is 5.97 Å². The molecule has 8 nitrogen and oxygen atoms in total. The van der Waals surface area contributed by atoms with Gasteiger partial charge in [0.2, 0.25) is 11.1 Å². The Morgan fingerprint density at radius 2 is 2.42 bits per heavy atom. The zero-order chi connectivity index (χ0) is 13.7. The summed E-state index contributed by atoms with van der Waals surface area (Å²) in [5.74, 6) is -0.436. The van der Waals surface area contributed by atoms with Crippen LogP contribution in [0.25, 0.3) is 0 Å². The molecular formula is C10H15N5O3S. The zero-order valence-corrected chi connectivity index (χ0v) is 11.4. The maximum absolute atomic E-state index is 11.8. The lowest BCUT2D eigenvalue weighted by atomic mass is 10.2. The number of tetrazole rings is 1. The van der Waals surface area contributed by atoms with Crippen LogP contribution in [-0.2, 0) is 20.9 Å². The lowest BCUT2D eigenvalue weighted by Crippen LogP contribution is -2.31. The van der Waals surface area contributed by atoms with Crippen LogP contribution in [0, 0.1) is 0 Å². The second kappa shape index (κ2) is 6.50. The van der Waals surface area contributed by atoms with Crippen LogP contribution in [0.1, 0.15) is 19.3 Å². The SMILES string of the molecule is COC(=O)Cn1nnnc1SC1CCCCNC1=O. The third kappa shape index (κ3) is 3.66. The van der Waals surface area contributed by atoms with Crippen LogP contribution >= 0.6 is 11.8 Å². The summed E-state index contributed by atoms with van der Waals surface area (Å²) in [5.41, 5.74) is 0. The van der Waals surface area contributed by atoms with E-state index in [0.29, 0.717) is 11.7 Å². The maximum Gasteiger partial charge on any atom is 0.327 e. The van der Waals surface area contributed by atoms with Gasteiger partial charge in [0, 0.05) is 6.54 Å². The molecule has 0 aromatic carbocycles. The Morgan fingerprint density at radius 1 is 1.58 bits per heavy atom. The van der Waals surface area contributed by atoms with E-state index in [4.69, 9.17) is 0 Å². The van der Waals surface area contributed by atoms with E-state index in [2.05, 4.69) is 25.6 Å². The van der Waals surface area contributed by atoms with Crippen LogP contribution in [0.15, 0.2) is 5.16 Å². The molecule has 1 amide bonds. The number of amides is 1. The van der Waals surface area contributed by atoms with Crippen molar-refractivity contribution in [3.8, 4) is 0 Å². The first-order valence-electron chi connectivity index (χ1n) is 5.98. The van der Waals surface area contributed by atoms with E-state index in [1.807, 2.05) is 0 Å². The van der Waals surface area contributed by atoms with Crippen molar-refractivity contribution >= 4 is 23.6 Å². The highest BCUT2D eigenvalue weighted by Gasteiger charge is 2.24. The van der Waals surface area contributed by atoms with Crippen LogP contribution in [-0.4, -0.2) is 51.0 Å². The molecule has 1 aromatic rings. The largest absolute Gasteiger partial charge is 0.468 e. The van der Waals surface area contributed by atoms with E-state index in [-0.39, 0.29) is 17.7 Å². The maximum atomic E-state index is 11.8. The summed E-state index contributed by atoms with van der Waals surface area (Å²) in [6, 6.07) is 0. The van der Waals surface area contributed by atoms with Gasteiger partial charge in [0.15, 0.2) is 0 Å². The van der Waals surface area contributed by atoms with Gasteiger partial charge in [-0.25, -0.2) is 4.68 Å². The van der Waals surface area contributed by atoms with Crippen molar-refractivity contribution in [2.45, 2.75) is 36.2 Å². The Morgan fingerprint density at radius 3 is 3.21 bits per heavy atom. The molecule has 0 radical (unpaired) electrons. The number of hydrogen-bond donors (Lipinski definition) is 1. The Kier molecular flexibility index (Phi) is 4.72. The molecule has 1 atom stereocenters. The molecule has 0 saturated carbocycles. The van der Waals surface area contributed by atoms with Gasteiger partial charge in [-0.05, 0) is 23.3 Å². The summed E-state index contributed by atoms with van der Waals surface area (Å²) in [4.78, 5) is 23.0. The van der Waals surface area contributed by atoms with Crippen molar-refractivity contribution in [3.05, 3.63) is 0 Å². The summed E-state index contributed by atoms with van der Waals surface area (Å²) in [6.07, 6.45) is 2.74. The van der Waals surface area contributed by atoms with Gasteiger partial charge in [-0.2, -0.15) is 0 Å². The van der Waals surface area contributed by atoms with Gasteiger partial charge in [0.25, 0.3) is 0 Å². The molecule has 0 spiro atoms. The molecule has 1 aromatic heterocycles. The first kappa shape index (κ1) is 13.8. The highest BCUT2D eigenvalue weighted by atomic mass is 32.2. The minimum atomic E-state index is -0.431. The van der Waals surface area contributed by atoms with Crippen molar-refractivity contribution in [2.24, 2.45) is 0 Å². The second-order valence-corrected chi connectivity index (χ2v) is 5.26. The second-order valence-electron chi connectivity index (χ2n) is 4.09. The van der Waals surface area contributed by atoms with Gasteiger partial charge in [-0.1, -0.05) is 18.2 Å². The Hall–Kier alpha value is -1.64. The molecule has 1 aliphatic heterocycles. The van der Waals surface area contributed by atoms with Gasteiger partial charge in [0.1, 0.15) is 6.54 Å². The third-order valence-electron chi connectivity index (χ3n) is 2.74. The van der Waals surface area contributed by atoms with E-state index >= 15 is 0 Å². The predicted octanol–water partition coefficient (Wildman–Crippen LogP) is -0.393. The highest BCUT2D eigenvalue weighted by Crippen LogP contribution is 2.25. The Balaban J connectivity index is 2.03. The van der Waals surface area contributed by atoms with Crippen molar-refractivity contribution < 1.29 is 14.3 Å². The van der Waals surface area contributed by atoms with Crippen LogP contribution in [0.5, 0.6) is 0 Å². The van der Waals surface area contributed by atoms with E-state index in [9.17, 15) is 9.59 Å². The van der Waals surface area contributed by atoms with Crippen LogP contribution < -0.4 is 5.32 Å². The van der Waals surface area contributed by atoms with Crippen LogP contribution in [0.4, 0.5) is 0 Å². The van der Waals surface area contributed by atoms with E-state index in [1.54, 1.807) is 0 Å². The fraction of sp³-hybridized carbons (Fsp3) is 0.700. The molecule has 1 saturated heterocycles. The van der Waals surface area contributed by atoms with Gasteiger partial charge in [0.05, 0.1) is 12.4 Å². The molecule has 104 valence electrons. The van der Waals surface area contributed by atoms with Crippen LogP contribution in [0.3, 0.4) is 0 Å². The summed E-state index contributed by atoms with van der Waals surface area (Å²) in [6.45, 7) is 0.656. The highest BCUT2D eigenvalue weighted by molar-refractivity contribution is 8.00. The molecule has 2 heterocycles. The lowest BCUT2D eigenvalue weighted by molar-refractivity contribution is -0.141. The van der Waals surface area contributed by atoms with E-state index in [1.165, 1.54) is 23.6 Å². The molecule has 19 heavy (non-hydrogen) atoms. The first-order chi connectivity index (χ1) is 9.20. The number of nitrogens with zero attached hydrogens (tertiary/aromatic N) is 4. The number of rotatable bonds is 4. The molecule has 0 aliphatic carbocycles. The molecule has 1 unspecified atom stereocenters. The fourth-order valence-corrected chi connectivity index (χ4v) is 2.75. The Bertz CT molecular complexity index is 464. The molecule has 2 rings (SSSR count). The molecule has 1 aliphatic rings. The standard InChI is InChI=1S/C10H15N5O3S/c1-18-8(16)6-15-10(12-13-14-15)19-7-4-2-3-5-11-9(7)17/h7H,2-6H2,1H3,(H,11,17). The quantitative estimate of drug-likeness (QED) is 0.752. The number of methoxy groups -OCH3 is 1. The van der Waals surface area contributed by atoms with Gasteiger partial charge < -0.3 is 10.1 Å². The fourth-order valence-electron chi connectivity index (χ4n) is 1.72. The third-order valence-corrected chi connectivity index (χ3v) is 3.98. The summed E-state index contributed by atoms with van der Waals surface area (Å²) in [7, 11) is 1.30. The van der Waals surface area contributed by atoms with Gasteiger partial charge in [-0.15, -0.1) is 5.10 Å². The van der Waals surface area contributed by atoms with Gasteiger partial charge in [-0.3, -0.25) is 9.59 Å². The molecule has 1 fully saturated rings. The number of ether oxygens (including phenoxy) is 1. The predicted molar refractivity (Wildman–Crippen MR) is 66.3 cm³/mol.